The van der Waals surface area contributed by atoms with E-state index in [1.807, 2.05) is 19.3 Å². The summed E-state index contributed by atoms with van der Waals surface area (Å²) in [6, 6.07) is 3.21. The summed E-state index contributed by atoms with van der Waals surface area (Å²) in [5.41, 5.74) is 0. The topological polar surface area (TPSA) is 9.23 Å². The van der Waals surface area contributed by atoms with E-state index >= 15 is 0 Å². The van der Waals surface area contributed by atoms with Gasteiger partial charge in [0.05, 0.1) is 0 Å². The summed E-state index contributed by atoms with van der Waals surface area (Å²) in [7, 11) is 0.329. The van der Waals surface area contributed by atoms with Crippen LogP contribution in [0.4, 0.5) is 0 Å². The number of hydrogen-bond donors (Lipinski definition) is 0. The van der Waals surface area contributed by atoms with E-state index in [2.05, 4.69) is 20.1 Å². The van der Waals surface area contributed by atoms with Crippen molar-refractivity contribution in [1.29, 1.82) is 0 Å². The first-order valence-corrected chi connectivity index (χ1v) is 6.54. The van der Waals surface area contributed by atoms with Gasteiger partial charge in [-0.3, -0.25) is 0 Å². The van der Waals surface area contributed by atoms with Crippen LogP contribution in [0.5, 0.6) is 0 Å². The molecule has 0 aromatic rings. The summed E-state index contributed by atoms with van der Waals surface area (Å²) in [4.78, 5) is 0. The molecule has 0 fully saturated rings. The Hall–Kier alpha value is -0.343. The van der Waals surface area contributed by atoms with Gasteiger partial charge in [0.25, 0.3) is 0 Å². The Labute approximate surface area is 70.9 Å². The third kappa shape index (κ3) is 3.04. The van der Waals surface area contributed by atoms with Crippen molar-refractivity contribution in [3.05, 3.63) is 25.3 Å². The second-order valence-corrected chi connectivity index (χ2v) is 7.02. The summed E-state index contributed by atoms with van der Waals surface area (Å²) in [6.45, 7) is 9.67. The minimum absolute atomic E-state index is 1.03. The van der Waals surface area contributed by atoms with Gasteiger partial charge in [-0.05, 0) is 18.1 Å². The molecule has 0 aliphatic carbocycles. The Morgan fingerprint density at radius 3 is 1.91 bits per heavy atom. The van der Waals surface area contributed by atoms with Crippen LogP contribution < -0.4 is 0 Å². The van der Waals surface area contributed by atoms with Gasteiger partial charge in [0.2, 0.25) is 0 Å². The lowest BCUT2D eigenvalue weighted by Gasteiger charge is -2.25. The summed E-state index contributed by atoms with van der Waals surface area (Å²) in [5, 5.41) is 0. The quantitative estimate of drug-likeness (QED) is 0.440. The van der Waals surface area contributed by atoms with E-state index in [1.165, 1.54) is 0 Å². The molecule has 0 aliphatic heterocycles. The summed E-state index contributed by atoms with van der Waals surface area (Å²) in [6.07, 6.45) is 3.92. The second kappa shape index (κ2) is 5.33. The van der Waals surface area contributed by atoms with Gasteiger partial charge in [0, 0.05) is 7.11 Å². The van der Waals surface area contributed by atoms with E-state index in [4.69, 9.17) is 4.43 Å². The monoisotopic (exact) mass is 170 g/mol. The Bertz CT molecular complexity index is 116. The molecule has 0 spiro atoms. The predicted molar refractivity (Wildman–Crippen MR) is 53.3 cm³/mol. The lowest BCUT2D eigenvalue weighted by atomic mass is 10.7. The molecule has 0 saturated carbocycles. The zero-order valence-corrected chi connectivity index (χ0v) is 8.60. The number of allylic oxidation sites excluding steroid dienone is 2. The van der Waals surface area contributed by atoms with Crippen LogP contribution in [0, 0.1) is 0 Å². The highest BCUT2D eigenvalue weighted by atomic mass is 28.4. The van der Waals surface area contributed by atoms with Crippen LogP contribution in [-0.4, -0.2) is 15.4 Å². The third-order valence-corrected chi connectivity index (χ3v) is 6.33. The zero-order valence-electron chi connectivity index (χ0n) is 7.60. The fourth-order valence-electron chi connectivity index (χ4n) is 1.21. The maximum absolute atomic E-state index is 5.56. The van der Waals surface area contributed by atoms with Crippen molar-refractivity contribution in [1.82, 2.24) is 0 Å². The van der Waals surface area contributed by atoms with Crippen LogP contribution in [0.25, 0.3) is 0 Å². The predicted octanol–water partition coefficient (Wildman–Crippen LogP) is 2.97. The Morgan fingerprint density at radius 1 is 1.27 bits per heavy atom. The molecule has 0 N–H and O–H groups in total. The van der Waals surface area contributed by atoms with Crippen molar-refractivity contribution >= 4 is 8.32 Å². The molecule has 2 heteroatoms. The first-order valence-electron chi connectivity index (χ1n) is 4.01. The van der Waals surface area contributed by atoms with Crippen molar-refractivity contribution in [2.45, 2.75) is 25.1 Å². The highest BCUT2D eigenvalue weighted by Crippen LogP contribution is 2.21. The molecule has 0 bridgehead atoms. The highest BCUT2D eigenvalue weighted by Gasteiger charge is 2.28. The van der Waals surface area contributed by atoms with Crippen LogP contribution in [0.1, 0.15) is 6.92 Å². The molecule has 0 amide bonds. The molecular weight excluding hydrogens is 152 g/mol. The molecule has 0 aromatic carbocycles. The number of hydrogen-bond acceptors (Lipinski definition) is 1. The fraction of sp³-hybridized carbons (Fsp3) is 0.556. The first-order chi connectivity index (χ1) is 5.24. The van der Waals surface area contributed by atoms with E-state index in [9.17, 15) is 0 Å². The highest BCUT2D eigenvalue weighted by molar-refractivity contribution is 6.74. The largest absolute Gasteiger partial charge is 0.419 e. The maximum Gasteiger partial charge on any atom is 0.199 e. The average Bonchev–Trinajstić information content (AvgIpc) is 2.04. The van der Waals surface area contributed by atoms with Crippen molar-refractivity contribution in [2.24, 2.45) is 0 Å². The van der Waals surface area contributed by atoms with Gasteiger partial charge < -0.3 is 4.43 Å². The van der Waals surface area contributed by atoms with Crippen LogP contribution in [0.3, 0.4) is 0 Å². The summed E-state index contributed by atoms with van der Waals surface area (Å²) in [5.74, 6) is 0. The number of rotatable bonds is 6. The van der Waals surface area contributed by atoms with E-state index in [1.54, 1.807) is 0 Å². The van der Waals surface area contributed by atoms with Crippen molar-refractivity contribution in [2.75, 3.05) is 7.11 Å². The van der Waals surface area contributed by atoms with Crippen LogP contribution in [0.2, 0.25) is 18.1 Å². The van der Waals surface area contributed by atoms with E-state index in [0.717, 1.165) is 18.1 Å². The van der Waals surface area contributed by atoms with Crippen LogP contribution in [-0.2, 0) is 4.43 Å². The lowest BCUT2D eigenvalue weighted by Crippen LogP contribution is -2.34. The minimum Gasteiger partial charge on any atom is -0.419 e. The summed E-state index contributed by atoms with van der Waals surface area (Å²) < 4.78 is 5.56. The van der Waals surface area contributed by atoms with Gasteiger partial charge in [-0.15, -0.1) is 13.2 Å². The Kier molecular flexibility index (Phi) is 5.16. The molecule has 11 heavy (non-hydrogen) atoms. The van der Waals surface area contributed by atoms with Crippen LogP contribution in [0.15, 0.2) is 25.3 Å². The van der Waals surface area contributed by atoms with Crippen molar-refractivity contribution in [3.63, 3.8) is 0 Å². The van der Waals surface area contributed by atoms with Gasteiger partial charge in [-0.2, -0.15) is 0 Å². The van der Waals surface area contributed by atoms with E-state index in [0.29, 0.717) is 0 Å². The third-order valence-electron chi connectivity index (χ3n) is 2.11. The molecule has 64 valence electrons. The standard InChI is InChI=1S/C9H18OSi/c1-5-8-11(7-3,10-4)9-6-2/h5-6H,1-2,7-9H2,3-4H3. The SMILES string of the molecule is C=CC[Si](CC)(CC=C)OC. The first kappa shape index (κ1) is 10.7. The molecule has 0 aromatic heterocycles. The van der Waals surface area contributed by atoms with Gasteiger partial charge in [-0.1, -0.05) is 19.1 Å². The van der Waals surface area contributed by atoms with Gasteiger partial charge in [0.1, 0.15) is 0 Å². The van der Waals surface area contributed by atoms with Gasteiger partial charge in [-0.25, -0.2) is 0 Å². The molecule has 0 aliphatic rings. The lowest BCUT2D eigenvalue weighted by molar-refractivity contribution is 0.397. The van der Waals surface area contributed by atoms with Crippen molar-refractivity contribution < 1.29 is 4.43 Å². The minimum atomic E-state index is -1.48. The second-order valence-electron chi connectivity index (χ2n) is 2.73. The molecule has 0 heterocycles. The van der Waals surface area contributed by atoms with E-state index in [-0.39, 0.29) is 0 Å². The molecular formula is C9H18OSi. The molecule has 0 unspecified atom stereocenters. The Balaban J connectivity index is 4.17. The van der Waals surface area contributed by atoms with Crippen molar-refractivity contribution in [3.8, 4) is 0 Å². The molecule has 0 atom stereocenters. The molecule has 0 rings (SSSR count). The molecule has 1 nitrogen and oxygen atoms in total. The summed E-state index contributed by atoms with van der Waals surface area (Å²) >= 11 is 0. The fourth-order valence-corrected chi connectivity index (χ4v) is 3.63. The normalized spacial score (nSPS) is 11.1. The smallest absolute Gasteiger partial charge is 0.199 e. The Morgan fingerprint density at radius 2 is 1.73 bits per heavy atom. The van der Waals surface area contributed by atoms with E-state index < -0.39 is 8.32 Å². The maximum atomic E-state index is 5.56. The molecule has 0 radical (unpaired) electrons. The van der Waals surface area contributed by atoms with Gasteiger partial charge >= 0.3 is 0 Å². The zero-order chi connectivity index (χ0) is 8.74. The van der Waals surface area contributed by atoms with Crippen LogP contribution >= 0.6 is 0 Å². The average molecular weight is 170 g/mol. The van der Waals surface area contributed by atoms with Gasteiger partial charge in [0.15, 0.2) is 8.32 Å². The molecule has 0 saturated heterocycles.